The van der Waals surface area contributed by atoms with Crippen molar-refractivity contribution in [2.45, 2.75) is 26.1 Å². The minimum Gasteiger partial charge on any atom is -0.487 e. The van der Waals surface area contributed by atoms with Crippen LogP contribution in [0.4, 0.5) is 18.0 Å². The smallest absolute Gasteiger partial charge is 0.416 e. The second kappa shape index (κ2) is 9.33. The van der Waals surface area contributed by atoms with Crippen LogP contribution in [0.25, 0.3) is 0 Å². The zero-order valence-electron chi connectivity index (χ0n) is 17.8. The van der Waals surface area contributed by atoms with E-state index in [4.69, 9.17) is 9.47 Å². The third kappa shape index (κ3) is 5.04. The molecule has 1 atom stereocenters. The normalized spacial score (nSPS) is 16.6. The molecule has 1 N–H and O–H groups in total. The molecule has 6 nitrogen and oxygen atoms in total. The van der Waals surface area contributed by atoms with Crippen LogP contribution in [-0.4, -0.2) is 37.2 Å². The van der Waals surface area contributed by atoms with Crippen molar-refractivity contribution in [3.63, 3.8) is 0 Å². The number of ether oxygens (including phenoxy) is 2. The molecule has 0 aromatic heterocycles. The lowest BCUT2D eigenvalue weighted by molar-refractivity contribution is -0.139. The summed E-state index contributed by atoms with van der Waals surface area (Å²) in [5.41, 5.74) is 1.17. The van der Waals surface area contributed by atoms with Crippen LogP contribution in [0.3, 0.4) is 0 Å². The van der Waals surface area contributed by atoms with E-state index in [0.717, 1.165) is 17.7 Å². The number of carbonyl (C=O) groups excluding carboxylic acids is 2. The number of likely N-dealkylation sites (N-methyl/N-ethyl adjacent to an activating group) is 1. The van der Waals surface area contributed by atoms with E-state index in [0.29, 0.717) is 5.56 Å². The van der Waals surface area contributed by atoms with E-state index in [1.54, 1.807) is 19.1 Å². The first-order chi connectivity index (χ1) is 15.1. The molecule has 1 aliphatic rings. The molecule has 0 saturated carbocycles. The average molecular weight is 448 g/mol. The number of hydrogen-bond donors (Lipinski definition) is 1. The minimum atomic E-state index is -4.52. The summed E-state index contributed by atoms with van der Waals surface area (Å²) in [6.07, 6.45) is -4.52. The molecule has 1 heterocycles. The molecule has 2 aromatic carbocycles. The van der Waals surface area contributed by atoms with Crippen molar-refractivity contribution in [2.75, 3.05) is 20.3 Å². The number of nitrogens with zero attached hydrogens (tertiary/aromatic N) is 1. The van der Waals surface area contributed by atoms with Gasteiger partial charge in [-0.05, 0) is 37.6 Å². The Morgan fingerprint density at radius 1 is 1.16 bits per heavy atom. The summed E-state index contributed by atoms with van der Waals surface area (Å²) < 4.78 is 49.8. The zero-order valence-corrected chi connectivity index (χ0v) is 17.8. The molecule has 2 aromatic rings. The number of aryl methyl sites for hydroxylation is 1. The molecule has 0 spiro atoms. The SMILES string of the molecule is CCOC(=O)C1=C(COc2cccc(C(F)(F)F)c2)N(C)C(=O)N[C@H]1c1ccc(C)cc1. The Kier molecular flexibility index (Phi) is 6.76. The Labute approximate surface area is 183 Å². The molecule has 2 amide bonds. The van der Waals surface area contributed by atoms with Gasteiger partial charge in [0.2, 0.25) is 0 Å². The molecule has 0 bridgehead atoms. The second-order valence-corrected chi connectivity index (χ2v) is 7.25. The van der Waals surface area contributed by atoms with Crippen LogP contribution in [0.1, 0.15) is 29.7 Å². The van der Waals surface area contributed by atoms with Gasteiger partial charge in [-0.1, -0.05) is 35.9 Å². The van der Waals surface area contributed by atoms with Crippen LogP contribution < -0.4 is 10.1 Å². The van der Waals surface area contributed by atoms with Crippen molar-refractivity contribution in [3.8, 4) is 5.75 Å². The van der Waals surface area contributed by atoms with Gasteiger partial charge < -0.3 is 14.8 Å². The van der Waals surface area contributed by atoms with E-state index in [-0.39, 0.29) is 30.2 Å². The van der Waals surface area contributed by atoms with Gasteiger partial charge in [-0.15, -0.1) is 0 Å². The van der Waals surface area contributed by atoms with Crippen LogP contribution in [0.2, 0.25) is 0 Å². The van der Waals surface area contributed by atoms with Crippen molar-refractivity contribution in [1.29, 1.82) is 0 Å². The molecular formula is C23H23F3N2O4. The lowest BCUT2D eigenvalue weighted by atomic mass is 9.94. The van der Waals surface area contributed by atoms with Crippen LogP contribution in [-0.2, 0) is 15.7 Å². The highest BCUT2D eigenvalue weighted by Gasteiger charge is 2.37. The van der Waals surface area contributed by atoms with E-state index in [9.17, 15) is 22.8 Å². The van der Waals surface area contributed by atoms with Gasteiger partial charge in [0.05, 0.1) is 29.5 Å². The Morgan fingerprint density at radius 2 is 1.84 bits per heavy atom. The minimum absolute atomic E-state index is 0.0400. The lowest BCUT2D eigenvalue weighted by Crippen LogP contribution is -2.48. The number of benzene rings is 2. The fourth-order valence-electron chi connectivity index (χ4n) is 3.30. The van der Waals surface area contributed by atoms with Crippen molar-refractivity contribution >= 4 is 12.0 Å². The molecule has 170 valence electrons. The van der Waals surface area contributed by atoms with Crippen molar-refractivity contribution in [1.82, 2.24) is 10.2 Å². The summed E-state index contributed by atoms with van der Waals surface area (Å²) >= 11 is 0. The van der Waals surface area contributed by atoms with E-state index in [2.05, 4.69) is 5.32 Å². The Morgan fingerprint density at radius 3 is 2.47 bits per heavy atom. The predicted molar refractivity (Wildman–Crippen MR) is 111 cm³/mol. The number of amides is 2. The molecule has 9 heteroatoms. The number of halogens is 3. The topological polar surface area (TPSA) is 67.9 Å². The van der Waals surface area contributed by atoms with E-state index in [1.807, 2.05) is 19.1 Å². The number of hydrogen-bond acceptors (Lipinski definition) is 4. The Bertz CT molecular complexity index is 1030. The average Bonchev–Trinajstić information content (AvgIpc) is 2.74. The fraction of sp³-hybridized carbons (Fsp3) is 0.304. The molecule has 0 radical (unpaired) electrons. The summed E-state index contributed by atoms with van der Waals surface area (Å²) in [4.78, 5) is 26.6. The van der Waals surface area contributed by atoms with Gasteiger partial charge in [0.1, 0.15) is 12.4 Å². The number of rotatable bonds is 6. The van der Waals surface area contributed by atoms with Gasteiger partial charge in [-0.3, -0.25) is 4.90 Å². The van der Waals surface area contributed by atoms with Gasteiger partial charge in [0.15, 0.2) is 0 Å². The van der Waals surface area contributed by atoms with Crippen LogP contribution in [0.15, 0.2) is 59.8 Å². The highest BCUT2D eigenvalue weighted by atomic mass is 19.4. The Hall–Kier alpha value is -3.49. The molecule has 0 unspecified atom stereocenters. The van der Waals surface area contributed by atoms with Gasteiger partial charge >= 0.3 is 18.2 Å². The summed E-state index contributed by atoms with van der Waals surface area (Å²) in [7, 11) is 1.45. The maximum atomic E-state index is 13.0. The quantitative estimate of drug-likeness (QED) is 0.656. The summed E-state index contributed by atoms with van der Waals surface area (Å²) in [6.45, 7) is 3.38. The van der Waals surface area contributed by atoms with Crippen LogP contribution in [0, 0.1) is 6.92 Å². The first kappa shape index (κ1) is 23.2. The number of alkyl halides is 3. The molecule has 32 heavy (non-hydrogen) atoms. The molecule has 0 aliphatic carbocycles. The largest absolute Gasteiger partial charge is 0.487 e. The first-order valence-corrected chi connectivity index (χ1v) is 9.92. The van der Waals surface area contributed by atoms with Crippen LogP contribution in [0.5, 0.6) is 5.75 Å². The molecule has 0 saturated heterocycles. The lowest BCUT2D eigenvalue weighted by Gasteiger charge is -2.34. The summed E-state index contributed by atoms with van der Waals surface area (Å²) in [5.74, 6) is -0.686. The number of urea groups is 1. The second-order valence-electron chi connectivity index (χ2n) is 7.25. The third-order valence-electron chi connectivity index (χ3n) is 5.02. The maximum absolute atomic E-state index is 13.0. The van der Waals surface area contributed by atoms with E-state index in [1.165, 1.54) is 24.1 Å². The maximum Gasteiger partial charge on any atom is 0.416 e. The third-order valence-corrected chi connectivity index (χ3v) is 5.02. The van der Waals surface area contributed by atoms with Crippen LogP contribution >= 0.6 is 0 Å². The monoisotopic (exact) mass is 448 g/mol. The van der Waals surface area contributed by atoms with Gasteiger partial charge in [0.25, 0.3) is 0 Å². The molecule has 0 fully saturated rings. The molecule has 3 rings (SSSR count). The molecule has 1 aliphatic heterocycles. The predicted octanol–water partition coefficient (Wildman–Crippen LogP) is 4.61. The van der Waals surface area contributed by atoms with Crippen molar-refractivity contribution in [2.24, 2.45) is 0 Å². The number of nitrogens with one attached hydrogen (secondary N) is 1. The van der Waals surface area contributed by atoms with Gasteiger partial charge in [0, 0.05) is 7.05 Å². The van der Waals surface area contributed by atoms with Gasteiger partial charge in [-0.2, -0.15) is 13.2 Å². The summed E-state index contributed by atoms with van der Waals surface area (Å²) in [6, 6.07) is 10.4. The molecular weight excluding hydrogens is 425 g/mol. The van der Waals surface area contributed by atoms with E-state index >= 15 is 0 Å². The standard InChI is InChI=1S/C23H23F3N2O4/c1-4-31-21(29)19-18(13-32-17-7-5-6-16(12-17)23(24,25)26)28(3)22(30)27-20(19)15-10-8-14(2)9-11-15/h5-12,20H,4,13H2,1-3H3,(H,27,30)/t20-/m0/s1. The highest BCUT2D eigenvalue weighted by molar-refractivity contribution is 5.95. The number of esters is 1. The fourth-order valence-corrected chi connectivity index (χ4v) is 3.30. The van der Waals surface area contributed by atoms with E-state index < -0.39 is 29.8 Å². The Balaban J connectivity index is 2.00. The first-order valence-electron chi connectivity index (χ1n) is 9.92. The van der Waals surface area contributed by atoms with Crippen molar-refractivity contribution in [3.05, 3.63) is 76.5 Å². The van der Waals surface area contributed by atoms with Gasteiger partial charge in [-0.25, -0.2) is 9.59 Å². The van der Waals surface area contributed by atoms with Crippen molar-refractivity contribution < 1.29 is 32.2 Å². The zero-order chi connectivity index (χ0) is 23.5. The summed E-state index contributed by atoms with van der Waals surface area (Å²) in [5, 5.41) is 2.77. The number of carbonyl (C=O) groups is 2. The highest BCUT2D eigenvalue weighted by Crippen LogP contribution is 2.33.